The minimum absolute atomic E-state index is 0.229. The highest BCUT2D eigenvalue weighted by Gasteiger charge is 2.30. The van der Waals surface area contributed by atoms with Crippen molar-refractivity contribution in [3.05, 3.63) is 29.8 Å². The zero-order valence-corrected chi connectivity index (χ0v) is 10.7. The van der Waals surface area contributed by atoms with E-state index in [1.54, 1.807) is 0 Å². The van der Waals surface area contributed by atoms with E-state index in [0.717, 1.165) is 31.4 Å². The molecular weight excluding hydrogens is 269 g/mol. The predicted octanol–water partition coefficient (Wildman–Crippen LogP) is 4.15. The third kappa shape index (κ3) is 3.50. The van der Waals surface area contributed by atoms with Gasteiger partial charge in [0.15, 0.2) is 5.75 Å². The SMILES string of the molecule is N#CC1CCCC/C1=N/Oc1ccc(C(F)(F)F)cc1. The molecular formula is C14H13F3N2O. The number of halogens is 3. The van der Waals surface area contributed by atoms with Gasteiger partial charge in [0, 0.05) is 0 Å². The van der Waals surface area contributed by atoms with Gasteiger partial charge in [-0.15, -0.1) is 0 Å². The number of hydrogen-bond acceptors (Lipinski definition) is 3. The van der Waals surface area contributed by atoms with Crippen LogP contribution in [-0.4, -0.2) is 5.71 Å². The Hall–Kier alpha value is -2.03. The maximum atomic E-state index is 12.4. The highest BCUT2D eigenvalue weighted by molar-refractivity contribution is 5.89. The summed E-state index contributed by atoms with van der Waals surface area (Å²) in [4.78, 5) is 5.11. The average molecular weight is 282 g/mol. The summed E-state index contributed by atoms with van der Waals surface area (Å²) in [7, 11) is 0. The Bertz CT molecular complexity index is 529. The van der Waals surface area contributed by atoms with Crippen LogP contribution in [0, 0.1) is 17.2 Å². The van der Waals surface area contributed by atoms with E-state index in [0.29, 0.717) is 12.1 Å². The number of nitrogens with zero attached hydrogens (tertiary/aromatic N) is 2. The van der Waals surface area contributed by atoms with E-state index in [1.165, 1.54) is 12.1 Å². The predicted molar refractivity (Wildman–Crippen MR) is 67.1 cm³/mol. The second-order valence-corrected chi connectivity index (χ2v) is 4.62. The number of hydrogen-bond donors (Lipinski definition) is 0. The van der Waals surface area contributed by atoms with Gasteiger partial charge in [-0.2, -0.15) is 18.4 Å². The summed E-state index contributed by atoms with van der Waals surface area (Å²) in [5, 5.41) is 12.9. The van der Waals surface area contributed by atoms with Crippen molar-refractivity contribution in [3.63, 3.8) is 0 Å². The van der Waals surface area contributed by atoms with Crippen LogP contribution in [0.5, 0.6) is 5.75 Å². The van der Waals surface area contributed by atoms with Crippen LogP contribution in [0.25, 0.3) is 0 Å². The van der Waals surface area contributed by atoms with E-state index in [1.807, 2.05) is 0 Å². The molecule has 0 bridgehead atoms. The fourth-order valence-electron chi connectivity index (χ4n) is 2.06. The first kappa shape index (κ1) is 14.4. The van der Waals surface area contributed by atoms with Crippen LogP contribution in [-0.2, 0) is 6.18 Å². The molecule has 0 aromatic heterocycles. The number of benzene rings is 1. The molecule has 1 aliphatic carbocycles. The fourth-order valence-corrected chi connectivity index (χ4v) is 2.06. The molecule has 6 heteroatoms. The third-order valence-electron chi connectivity index (χ3n) is 3.18. The van der Waals surface area contributed by atoms with Crippen molar-refractivity contribution in [3.8, 4) is 11.8 Å². The molecule has 1 unspecified atom stereocenters. The highest BCUT2D eigenvalue weighted by atomic mass is 19.4. The molecule has 0 spiro atoms. The van der Waals surface area contributed by atoms with Crippen LogP contribution < -0.4 is 4.84 Å². The molecule has 1 fully saturated rings. The van der Waals surface area contributed by atoms with Crippen molar-refractivity contribution in [1.82, 2.24) is 0 Å². The van der Waals surface area contributed by atoms with Gasteiger partial charge in [-0.3, -0.25) is 0 Å². The lowest BCUT2D eigenvalue weighted by atomic mass is 9.88. The zero-order valence-electron chi connectivity index (χ0n) is 10.7. The number of alkyl halides is 3. The summed E-state index contributed by atoms with van der Waals surface area (Å²) in [6.45, 7) is 0. The highest BCUT2D eigenvalue weighted by Crippen LogP contribution is 2.30. The molecule has 1 aliphatic rings. The van der Waals surface area contributed by atoms with Crippen molar-refractivity contribution < 1.29 is 18.0 Å². The molecule has 1 aromatic rings. The molecule has 0 amide bonds. The average Bonchev–Trinajstić information content (AvgIpc) is 2.45. The Morgan fingerprint density at radius 2 is 1.90 bits per heavy atom. The molecule has 20 heavy (non-hydrogen) atoms. The molecule has 1 aromatic carbocycles. The number of oxime groups is 1. The van der Waals surface area contributed by atoms with E-state index >= 15 is 0 Å². The van der Waals surface area contributed by atoms with E-state index < -0.39 is 11.7 Å². The van der Waals surface area contributed by atoms with Crippen LogP contribution in [0.2, 0.25) is 0 Å². The zero-order chi connectivity index (χ0) is 14.6. The van der Waals surface area contributed by atoms with Gasteiger partial charge in [-0.05, 0) is 43.5 Å². The Labute approximate surface area is 114 Å². The molecule has 0 aliphatic heterocycles. The van der Waals surface area contributed by atoms with Crippen molar-refractivity contribution in [2.45, 2.75) is 31.9 Å². The van der Waals surface area contributed by atoms with Crippen LogP contribution in [0.3, 0.4) is 0 Å². The minimum atomic E-state index is -4.36. The Morgan fingerprint density at radius 3 is 2.50 bits per heavy atom. The first-order valence-corrected chi connectivity index (χ1v) is 6.31. The van der Waals surface area contributed by atoms with Crippen molar-refractivity contribution in [1.29, 1.82) is 5.26 Å². The van der Waals surface area contributed by atoms with Gasteiger partial charge < -0.3 is 4.84 Å². The second-order valence-electron chi connectivity index (χ2n) is 4.62. The monoisotopic (exact) mass is 282 g/mol. The van der Waals surface area contributed by atoms with E-state index in [9.17, 15) is 13.2 Å². The van der Waals surface area contributed by atoms with Gasteiger partial charge in [0.1, 0.15) is 0 Å². The number of nitriles is 1. The third-order valence-corrected chi connectivity index (χ3v) is 3.18. The molecule has 1 atom stereocenters. The fraction of sp³-hybridized carbons (Fsp3) is 0.429. The van der Waals surface area contributed by atoms with Gasteiger partial charge in [0.2, 0.25) is 0 Å². The first-order chi connectivity index (χ1) is 9.50. The lowest BCUT2D eigenvalue weighted by Crippen LogP contribution is -2.18. The number of rotatable bonds is 2. The van der Waals surface area contributed by atoms with Gasteiger partial charge >= 0.3 is 6.18 Å². The van der Waals surface area contributed by atoms with E-state index in [4.69, 9.17) is 10.1 Å². The normalized spacial score (nSPS) is 21.5. The maximum absolute atomic E-state index is 12.4. The smallest absolute Gasteiger partial charge is 0.357 e. The van der Waals surface area contributed by atoms with Gasteiger partial charge in [-0.1, -0.05) is 11.6 Å². The topological polar surface area (TPSA) is 45.4 Å². The molecule has 0 N–H and O–H groups in total. The van der Waals surface area contributed by atoms with E-state index in [2.05, 4.69) is 11.2 Å². The first-order valence-electron chi connectivity index (χ1n) is 6.31. The van der Waals surface area contributed by atoms with Crippen molar-refractivity contribution in [2.75, 3.05) is 0 Å². The van der Waals surface area contributed by atoms with Crippen LogP contribution >= 0.6 is 0 Å². The lowest BCUT2D eigenvalue weighted by Gasteiger charge is -2.17. The summed E-state index contributed by atoms with van der Waals surface area (Å²) in [6, 6.07) is 6.48. The van der Waals surface area contributed by atoms with Crippen LogP contribution in [0.4, 0.5) is 13.2 Å². The standard InChI is InChI=1S/C14H13F3N2O/c15-14(16,17)11-5-7-12(8-6-11)20-19-13-4-2-1-3-10(13)9-18/h5-8,10H,1-4H2/b19-13-. The Kier molecular flexibility index (Phi) is 4.28. The maximum Gasteiger partial charge on any atom is 0.416 e. The summed E-state index contributed by atoms with van der Waals surface area (Å²) in [5.41, 5.74) is -0.0660. The second kappa shape index (κ2) is 5.95. The molecule has 106 valence electrons. The van der Waals surface area contributed by atoms with Gasteiger partial charge in [0.25, 0.3) is 0 Å². The van der Waals surface area contributed by atoms with Crippen molar-refractivity contribution in [2.24, 2.45) is 11.1 Å². The molecule has 1 saturated carbocycles. The summed E-state index contributed by atoms with van der Waals surface area (Å²) in [5.74, 6) is -0.0223. The van der Waals surface area contributed by atoms with Crippen LogP contribution in [0.15, 0.2) is 29.4 Å². The molecule has 3 nitrogen and oxygen atoms in total. The molecule has 0 heterocycles. The Morgan fingerprint density at radius 1 is 1.20 bits per heavy atom. The summed E-state index contributed by atoms with van der Waals surface area (Å²) < 4.78 is 37.2. The van der Waals surface area contributed by atoms with Crippen molar-refractivity contribution >= 4 is 5.71 Å². The van der Waals surface area contributed by atoms with Gasteiger partial charge in [0.05, 0.1) is 23.3 Å². The Balaban J connectivity index is 2.05. The molecule has 2 rings (SSSR count). The minimum Gasteiger partial charge on any atom is -0.357 e. The summed E-state index contributed by atoms with van der Waals surface area (Å²) >= 11 is 0. The summed E-state index contributed by atoms with van der Waals surface area (Å²) in [6.07, 6.45) is -0.977. The quantitative estimate of drug-likeness (QED) is 0.765. The molecule has 0 radical (unpaired) electrons. The molecule has 0 saturated heterocycles. The van der Waals surface area contributed by atoms with E-state index in [-0.39, 0.29) is 11.7 Å². The largest absolute Gasteiger partial charge is 0.416 e. The van der Waals surface area contributed by atoms with Gasteiger partial charge in [-0.25, -0.2) is 0 Å². The van der Waals surface area contributed by atoms with Crippen LogP contribution in [0.1, 0.15) is 31.2 Å². The lowest BCUT2D eigenvalue weighted by molar-refractivity contribution is -0.137.